The van der Waals surface area contributed by atoms with Gasteiger partial charge >= 0.3 is 0 Å². The van der Waals surface area contributed by atoms with Gasteiger partial charge in [0.15, 0.2) is 0 Å². The smallest absolute Gasteiger partial charge is 0.279 e. The highest BCUT2D eigenvalue weighted by atomic mass is 32.1. The van der Waals surface area contributed by atoms with Crippen LogP contribution in [0.5, 0.6) is 0 Å². The van der Waals surface area contributed by atoms with Crippen molar-refractivity contribution in [2.24, 2.45) is 0 Å². The minimum atomic E-state index is -0.146. The van der Waals surface area contributed by atoms with Crippen molar-refractivity contribution in [1.82, 2.24) is 10.9 Å². The van der Waals surface area contributed by atoms with E-state index in [0.717, 1.165) is 4.88 Å². The van der Waals surface area contributed by atoms with Crippen LogP contribution < -0.4 is 10.9 Å². The van der Waals surface area contributed by atoms with Crippen LogP contribution in [0.2, 0.25) is 0 Å². The van der Waals surface area contributed by atoms with E-state index in [1.807, 2.05) is 29.0 Å². The molecule has 0 saturated heterocycles. The lowest BCUT2D eigenvalue weighted by molar-refractivity contribution is 0.0946. The van der Waals surface area contributed by atoms with E-state index in [0.29, 0.717) is 10.6 Å². The van der Waals surface area contributed by atoms with E-state index in [4.69, 9.17) is 0 Å². The molecule has 2 N–H and O–H groups in total. The predicted octanol–water partition coefficient (Wildman–Crippen LogP) is 2.71. The average molecular weight is 250 g/mol. The van der Waals surface area contributed by atoms with E-state index in [1.165, 1.54) is 11.3 Å². The van der Waals surface area contributed by atoms with E-state index in [9.17, 15) is 4.79 Å². The Bertz CT molecular complexity index is 428. The van der Waals surface area contributed by atoms with Crippen LogP contribution in [-0.4, -0.2) is 5.91 Å². The average Bonchev–Trinajstić information content (AvgIpc) is 2.95. The van der Waals surface area contributed by atoms with Crippen LogP contribution in [0, 0.1) is 0 Å². The van der Waals surface area contributed by atoms with E-state index in [-0.39, 0.29) is 5.91 Å². The Hall–Kier alpha value is -1.59. The molecule has 3 nitrogen and oxygen atoms in total. The Morgan fingerprint density at radius 2 is 1.69 bits per heavy atom. The molecule has 0 aromatic carbocycles. The molecule has 2 heterocycles. The van der Waals surface area contributed by atoms with Gasteiger partial charge in [0.25, 0.3) is 5.91 Å². The zero-order valence-electron chi connectivity index (χ0n) is 8.40. The molecule has 16 heavy (non-hydrogen) atoms. The molecule has 0 aliphatic rings. The zero-order valence-corrected chi connectivity index (χ0v) is 10.0. The van der Waals surface area contributed by atoms with E-state index >= 15 is 0 Å². The van der Waals surface area contributed by atoms with E-state index < -0.39 is 0 Å². The second-order valence-electron chi connectivity index (χ2n) is 3.01. The first kappa shape index (κ1) is 10.9. The second kappa shape index (κ2) is 4.96. The lowest BCUT2D eigenvalue weighted by Crippen LogP contribution is -2.35. The summed E-state index contributed by atoms with van der Waals surface area (Å²) in [5.74, 6) is -0.146. The van der Waals surface area contributed by atoms with Gasteiger partial charge in [0.2, 0.25) is 0 Å². The summed E-state index contributed by atoms with van der Waals surface area (Å²) in [4.78, 5) is 13.3. The fourth-order valence-electron chi connectivity index (χ4n) is 1.11. The van der Waals surface area contributed by atoms with Gasteiger partial charge in [-0.3, -0.25) is 15.6 Å². The summed E-state index contributed by atoms with van der Waals surface area (Å²) < 4.78 is 0. The summed E-state index contributed by atoms with van der Waals surface area (Å²) in [5.41, 5.74) is 6.09. The molecule has 2 aromatic heterocycles. The van der Waals surface area contributed by atoms with Crippen LogP contribution in [-0.2, 0) is 0 Å². The lowest BCUT2D eigenvalue weighted by atomic mass is 10.4. The zero-order chi connectivity index (χ0) is 11.4. The molecule has 0 radical (unpaired) electrons. The van der Waals surface area contributed by atoms with Crippen molar-refractivity contribution in [2.75, 3.05) is 0 Å². The Morgan fingerprint density at radius 1 is 1.06 bits per heavy atom. The molecule has 0 atom stereocenters. The molecule has 2 aromatic rings. The highest BCUT2D eigenvalue weighted by Gasteiger charge is 2.06. The number of carbonyl (C=O) groups is 1. The summed E-state index contributed by atoms with van der Waals surface area (Å²) in [6.07, 6.45) is 0. The SMILES string of the molecule is C=C(NNC(=O)c1cccs1)c1cccs1. The van der Waals surface area contributed by atoms with Gasteiger partial charge in [-0.2, -0.15) is 0 Å². The lowest BCUT2D eigenvalue weighted by Gasteiger charge is -2.08. The van der Waals surface area contributed by atoms with Crippen molar-refractivity contribution >= 4 is 34.3 Å². The molecule has 0 spiro atoms. The summed E-state index contributed by atoms with van der Waals surface area (Å²) >= 11 is 2.97. The van der Waals surface area contributed by atoms with Crippen molar-refractivity contribution in [3.63, 3.8) is 0 Å². The van der Waals surface area contributed by atoms with Gasteiger partial charge in [0, 0.05) is 0 Å². The summed E-state index contributed by atoms with van der Waals surface area (Å²) in [5, 5.41) is 3.83. The highest BCUT2D eigenvalue weighted by molar-refractivity contribution is 7.12. The van der Waals surface area contributed by atoms with E-state index in [1.54, 1.807) is 17.4 Å². The fraction of sp³-hybridized carbons (Fsp3) is 0. The summed E-state index contributed by atoms with van der Waals surface area (Å²) in [6, 6.07) is 7.49. The third-order valence-corrected chi connectivity index (χ3v) is 3.69. The van der Waals surface area contributed by atoms with Crippen molar-refractivity contribution in [3.8, 4) is 0 Å². The van der Waals surface area contributed by atoms with Crippen molar-refractivity contribution in [3.05, 3.63) is 51.4 Å². The Kier molecular flexibility index (Phi) is 3.38. The minimum Gasteiger partial charge on any atom is -0.297 e. The maximum Gasteiger partial charge on any atom is 0.279 e. The molecule has 0 aliphatic heterocycles. The van der Waals surface area contributed by atoms with Crippen molar-refractivity contribution in [1.29, 1.82) is 0 Å². The van der Waals surface area contributed by atoms with Gasteiger partial charge in [-0.15, -0.1) is 22.7 Å². The largest absolute Gasteiger partial charge is 0.297 e. The molecule has 0 bridgehead atoms. The van der Waals surface area contributed by atoms with Gasteiger partial charge in [-0.25, -0.2) is 0 Å². The molecule has 0 unspecified atom stereocenters. The third-order valence-electron chi connectivity index (χ3n) is 1.89. The number of rotatable bonds is 4. The first-order chi connectivity index (χ1) is 7.77. The quantitative estimate of drug-likeness (QED) is 0.819. The number of thiophene rings is 2. The number of amides is 1. The second-order valence-corrected chi connectivity index (χ2v) is 4.91. The van der Waals surface area contributed by atoms with Gasteiger partial charge in [-0.05, 0) is 22.9 Å². The Balaban J connectivity index is 1.89. The molecule has 1 amide bonds. The molecule has 2 rings (SSSR count). The van der Waals surface area contributed by atoms with Gasteiger partial charge in [0.05, 0.1) is 15.5 Å². The molecule has 5 heteroatoms. The maximum absolute atomic E-state index is 11.6. The standard InChI is InChI=1S/C11H10N2OS2/c1-8(9-4-2-6-15-9)12-13-11(14)10-5-3-7-16-10/h2-7,12H,1H2,(H,13,14). The van der Waals surface area contributed by atoms with Crippen LogP contribution in [0.3, 0.4) is 0 Å². The first-order valence-electron chi connectivity index (χ1n) is 4.60. The molecular weight excluding hydrogens is 240 g/mol. The topological polar surface area (TPSA) is 41.1 Å². The minimum absolute atomic E-state index is 0.146. The van der Waals surface area contributed by atoms with Gasteiger partial charge in [-0.1, -0.05) is 18.7 Å². The highest BCUT2D eigenvalue weighted by Crippen LogP contribution is 2.15. The first-order valence-corrected chi connectivity index (χ1v) is 6.36. The molecule has 0 fully saturated rings. The maximum atomic E-state index is 11.6. The third kappa shape index (κ3) is 2.50. The van der Waals surface area contributed by atoms with Crippen LogP contribution in [0.4, 0.5) is 0 Å². The van der Waals surface area contributed by atoms with Crippen molar-refractivity contribution in [2.45, 2.75) is 0 Å². The van der Waals surface area contributed by atoms with Gasteiger partial charge < -0.3 is 0 Å². The molecule has 0 aliphatic carbocycles. The normalized spacial score (nSPS) is 9.75. The fourth-order valence-corrected chi connectivity index (χ4v) is 2.39. The summed E-state index contributed by atoms with van der Waals surface area (Å²) in [7, 11) is 0. The molecule has 0 saturated carbocycles. The summed E-state index contributed by atoms with van der Waals surface area (Å²) in [6.45, 7) is 3.84. The Morgan fingerprint density at radius 3 is 2.25 bits per heavy atom. The van der Waals surface area contributed by atoms with Crippen molar-refractivity contribution < 1.29 is 4.79 Å². The number of carbonyl (C=O) groups excluding carboxylic acids is 1. The molecular formula is C11H10N2OS2. The van der Waals surface area contributed by atoms with Gasteiger partial charge in [0.1, 0.15) is 0 Å². The van der Waals surface area contributed by atoms with E-state index in [2.05, 4.69) is 17.4 Å². The van der Waals surface area contributed by atoms with Crippen LogP contribution in [0.15, 0.2) is 41.6 Å². The predicted molar refractivity (Wildman–Crippen MR) is 68.3 cm³/mol. The molecule has 82 valence electrons. The monoisotopic (exact) mass is 250 g/mol. The number of hydrogen-bond acceptors (Lipinski definition) is 4. The number of hydrazine groups is 1. The van der Waals surface area contributed by atoms with Crippen LogP contribution in [0.25, 0.3) is 5.70 Å². The van der Waals surface area contributed by atoms with Crippen LogP contribution in [0.1, 0.15) is 14.5 Å². The Labute approximate surface area is 101 Å². The van der Waals surface area contributed by atoms with Crippen LogP contribution >= 0.6 is 22.7 Å². The number of nitrogens with one attached hydrogen (secondary N) is 2. The number of hydrogen-bond donors (Lipinski definition) is 2.